The molecule has 0 saturated carbocycles. The predicted molar refractivity (Wildman–Crippen MR) is 154 cm³/mol. The molecule has 0 aliphatic heterocycles. The first-order valence-corrected chi connectivity index (χ1v) is 12.8. The summed E-state index contributed by atoms with van der Waals surface area (Å²) in [7, 11) is 0. The third-order valence-corrected chi connectivity index (χ3v) is 6.34. The lowest BCUT2D eigenvalue weighted by Gasteiger charge is -2.16. The first kappa shape index (κ1) is 25.4. The van der Waals surface area contributed by atoms with E-state index in [0.717, 1.165) is 32.9 Å². The van der Waals surface area contributed by atoms with E-state index in [1.54, 1.807) is 24.3 Å². The second-order valence-electron chi connectivity index (χ2n) is 9.22. The van der Waals surface area contributed by atoms with Gasteiger partial charge in [0.25, 0.3) is 0 Å². The average molecular weight is 509 g/mol. The van der Waals surface area contributed by atoms with Crippen LogP contribution in [0, 0.1) is 0 Å². The Hall–Kier alpha value is -4.26. The summed E-state index contributed by atoms with van der Waals surface area (Å²) in [6, 6.07) is 35.6. The van der Waals surface area contributed by atoms with E-state index < -0.39 is 12.2 Å². The van der Waals surface area contributed by atoms with Crippen molar-refractivity contribution in [2.75, 3.05) is 36.9 Å². The molecule has 194 valence electrons. The number of hydrogen-bond donors (Lipinski definition) is 4. The van der Waals surface area contributed by atoms with Crippen LogP contribution in [0.2, 0.25) is 0 Å². The molecule has 4 N–H and O–H groups in total. The standard InChI is InChI=1S/C32H32N2O4/c35-25(19-33-31-13-5-9-23-7-1-3-11-29(23)31)21-37-27-15-17-28(18-16-27)38-22-26(36)20-34-32-14-6-10-24-8-2-4-12-30(24)32/h1-18,25-26,33-36H,19-22H2. The molecular weight excluding hydrogens is 476 g/mol. The van der Waals surface area contributed by atoms with Crippen LogP contribution in [0.3, 0.4) is 0 Å². The Morgan fingerprint density at radius 3 is 1.34 bits per heavy atom. The fourth-order valence-electron chi connectivity index (χ4n) is 4.35. The molecule has 0 aromatic heterocycles. The lowest BCUT2D eigenvalue weighted by molar-refractivity contribution is 0.115. The molecule has 5 aromatic rings. The molecule has 0 aliphatic carbocycles. The lowest BCUT2D eigenvalue weighted by Crippen LogP contribution is -2.26. The molecular formula is C32H32N2O4. The van der Waals surface area contributed by atoms with Crippen molar-refractivity contribution >= 4 is 32.9 Å². The highest BCUT2D eigenvalue weighted by molar-refractivity contribution is 5.94. The van der Waals surface area contributed by atoms with E-state index in [2.05, 4.69) is 47.0 Å². The van der Waals surface area contributed by atoms with Gasteiger partial charge in [-0.1, -0.05) is 72.8 Å². The maximum absolute atomic E-state index is 10.4. The van der Waals surface area contributed by atoms with Crippen molar-refractivity contribution in [2.45, 2.75) is 12.2 Å². The van der Waals surface area contributed by atoms with Crippen LogP contribution in [0.1, 0.15) is 0 Å². The Morgan fingerprint density at radius 2 is 0.895 bits per heavy atom. The van der Waals surface area contributed by atoms with Gasteiger partial charge in [0.05, 0.1) is 0 Å². The maximum Gasteiger partial charge on any atom is 0.119 e. The minimum absolute atomic E-state index is 0.163. The van der Waals surface area contributed by atoms with E-state index in [0.29, 0.717) is 24.6 Å². The van der Waals surface area contributed by atoms with E-state index >= 15 is 0 Å². The van der Waals surface area contributed by atoms with Gasteiger partial charge in [0.2, 0.25) is 0 Å². The lowest BCUT2D eigenvalue weighted by atomic mass is 10.1. The van der Waals surface area contributed by atoms with E-state index in [9.17, 15) is 10.2 Å². The maximum atomic E-state index is 10.4. The van der Waals surface area contributed by atoms with Crippen molar-refractivity contribution in [1.82, 2.24) is 0 Å². The molecule has 2 atom stereocenters. The molecule has 0 aliphatic rings. The summed E-state index contributed by atoms with van der Waals surface area (Å²) in [6.07, 6.45) is -1.34. The van der Waals surface area contributed by atoms with Crippen molar-refractivity contribution < 1.29 is 19.7 Å². The van der Waals surface area contributed by atoms with Gasteiger partial charge in [-0.3, -0.25) is 0 Å². The van der Waals surface area contributed by atoms with E-state index in [1.165, 1.54) is 0 Å². The van der Waals surface area contributed by atoms with Crippen LogP contribution in [0.5, 0.6) is 11.5 Å². The molecule has 6 heteroatoms. The van der Waals surface area contributed by atoms with Crippen molar-refractivity contribution in [1.29, 1.82) is 0 Å². The Kier molecular flexibility index (Phi) is 8.23. The van der Waals surface area contributed by atoms with Gasteiger partial charge in [0, 0.05) is 35.2 Å². The largest absolute Gasteiger partial charge is 0.491 e. The molecule has 5 aromatic carbocycles. The highest BCUT2D eigenvalue weighted by atomic mass is 16.5. The minimum Gasteiger partial charge on any atom is -0.491 e. The van der Waals surface area contributed by atoms with Gasteiger partial charge in [0.1, 0.15) is 36.9 Å². The summed E-state index contributed by atoms with van der Waals surface area (Å²) >= 11 is 0. The first-order chi connectivity index (χ1) is 18.7. The van der Waals surface area contributed by atoms with E-state index in [4.69, 9.17) is 9.47 Å². The number of aliphatic hydroxyl groups is 2. The van der Waals surface area contributed by atoms with Gasteiger partial charge in [-0.15, -0.1) is 0 Å². The zero-order valence-electron chi connectivity index (χ0n) is 21.1. The zero-order chi connectivity index (χ0) is 26.2. The first-order valence-electron chi connectivity index (χ1n) is 12.8. The molecule has 38 heavy (non-hydrogen) atoms. The second-order valence-corrected chi connectivity index (χ2v) is 9.22. The van der Waals surface area contributed by atoms with Crippen molar-refractivity contribution in [2.24, 2.45) is 0 Å². The van der Waals surface area contributed by atoms with Gasteiger partial charge in [-0.25, -0.2) is 0 Å². The number of benzene rings is 5. The number of nitrogens with one attached hydrogen (secondary N) is 2. The smallest absolute Gasteiger partial charge is 0.119 e. The van der Waals surface area contributed by atoms with Crippen LogP contribution < -0.4 is 20.1 Å². The minimum atomic E-state index is -0.672. The molecule has 5 rings (SSSR count). The Balaban J connectivity index is 1.04. The van der Waals surface area contributed by atoms with Crippen molar-refractivity contribution in [3.8, 4) is 11.5 Å². The summed E-state index contributed by atoms with van der Waals surface area (Å²) in [5.41, 5.74) is 1.97. The van der Waals surface area contributed by atoms with E-state index in [1.807, 2.05) is 48.5 Å². The molecule has 6 nitrogen and oxygen atoms in total. The molecule has 0 spiro atoms. The molecule has 0 saturated heterocycles. The number of hydrogen-bond acceptors (Lipinski definition) is 6. The van der Waals surface area contributed by atoms with E-state index in [-0.39, 0.29) is 13.2 Å². The van der Waals surface area contributed by atoms with Crippen LogP contribution in [-0.4, -0.2) is 48.7 Å². The quantitative estimate of drug-likeness (QED) is 0.173. The fourth-order valence-corrected chi connectivity index (χ4v) is 4.35. The Bertz CT molecular complexity index is 1350. The molecule has 0 heterocycles. The van der Waals surface area contributed by atoms with Crippen LogP contribution in [0.15, 0.2) is 109 Å². The SMILES string of the molecule is OC(CNc1cccc2ccccc12)COc1ccc(OCC(O)CNc2cccc3ccccc23)cc1. The monoisotopic (exact) mass is 508 g/mol. The third kappa shape index (κ3) is 6.54. The summed E-state index contributed by atoms with van der Waals surface area (Å²) in [4.78, 5) is 0. The number of fused-ring (bicyclic) bond motifs is 2. The number of rotatable bonds is 12. The van der Waals surface area contributed by atoms with Crippen LogP contribution in [0.25, 0.3) is 21.5 Å². The number of aliphatic hydroxyl groups excluding tert-OH is 2. The van der Waals surface area contributed by atoms with Gasteiger partial charge in [-0.05, 0) is 47.2 Å². The van der Waals surface area contributed by atoms with Crippen molar-refractivity contribution in [3.63, 3.8) is 0 Å². The van der Waals surface area contributed by atoms with Gasteiger partial charge >= 0.3 is 0 Å². The third-order valence-electron chi connectivity index (χ3n) is 6.34. The second kappa shape index (κ2) is 12.3. The zero-order valence-corrected chi connectivity index (χ0v) is 21.1. The van der Waals surface area contributed by atoms with Gasteiger partial charge < -0.3 is 30.3 Å². The fraction of sp³-hybridized carbons (Fsp3) is 0.188. The molecule has 0 fully saturated rings. The summed E-state index contributed by atoms with van der Waals surface area (Å²) in [5, 5.41) is 31.9. The van der Waals surface area contributed by atoms with Gasteiger partial charge in [0.15, 0.2) is 0 Å². The topological polar surface area (TPSA) is 83.0 Å². The van der Waals surface area contributed by atoms with Crippen molar-refractivity contribution in [3.05, 3.63) is 109 Å². The Labute approximate surface area is 222 Å². The normalized spacial score (nSPS) is 12.7. The summed E-state index contributed by atoms with van der Waals surface area (Å²) in [6.45, 7) is 1.08. The number of anilines is 2. The van der Waals surface area contributed by atoms with Crippen LogP contribution in [0.4, 0.5) is 11.4 Å². The highest BCUT2D eigenvalue weighted by Gasteiger charge is 2.09. The average Bonchev–Trinajstić information content (AvgIpc) is 2.97. The molecule has 2 unspecified atom stereocenters. The van der Waals surface area contributed by atoms with Gasteiger partial charge in [-0.2, -0.15) is 0 Å². The Morgan fingerprint density at radius 1 is 0.500 bits per heavy atom. The predicted octanol–water partition coefficient (Wildman–Crippen LogP) is 5.70. The molecule has 0 radical (unpaired) electrons. The highest BCUT2D eigenvalue weighted by Crippen LogP contribution is 2.24. The molecule has 0 amide bonds. The molecule has 0 bridgehead atoms. The summed E-state index contributed by atoms with van der Waals surface area (Å²) < 4.78 is 11.5. The van der Waals surface area contributed by atoms with Crippen LogP contribution in [-0.2, 0) is 0 Å². The summed E-state index contributed by atoms with van der Waals surface area (Å²) in [5.74, 6) is 1.28. The number of ether oxygens (including phenoxy) is 2. The van der Waals surface area contributed by atoms with Crippen LogP contribution >= 0.6 is 0 Å².